The normalized spacial score (nSPS) is 17.0. The molecular formula is C11H11NO2S. The fourth-order valence-electron chi connectivity index (χ4n) is 1.64. The van der Waals surface area contributed by atoms with Gasteiger partial charge in [-0.25, -0.2) is 0 Å². The number of benzene rings is 1. The summed E-state index contributed by atoms with van der Waals surface area (Å²) in [6.45, 7) is 0. The number of anilines is 1. The van der Waals surface area contributed by atoms with Gasteiger partial charge in [-0.05, 0) is 30.7 Å². The highest BCUT2D eigenvalue weighted by atomic mass is 32.1. The lowest BCUT2D eigenvalue weighted by Crippen LogP contribution is -2.40. The molecule has 0 unspecified atom stereocenters. The van der Waals surface area contributed by atoms with Crippen molar-refractivity contribution < 1.29 is 9.59 Å². The number of rotatable bonds is 1. The maximum absolute atomic E-state index is 11.6. The zero-order chi connectivity index (χ0) is 10.8. The molecule has 0 radical (unpaired) electrons. The van der Waals surface area contributed by atoms with Gasteiger partial charge in [-0.15, -0.1) is 12.6 Å². The van der Waals surface area contributed by atoms with Crippen LogP contribution in [0, 0.1) is 0 Å². The molecule has 1 aliphatic rings. The predicted molar refractivity (Wildman–Crippen MR) is 60.0 cm³/mol. The van der Waals surface area contributed by atoms with Gasteiger partial charge in [-0.1, -0.05) is 0 Å². The molecule has 3 nitrogen and oxygen atoms in total. The molecule has 1 aromatic rings. The van der Waals surface area contributed by atoms with Gasteiger partial charge >= 0.3 is 0 Å². The second kappa shape index (κ2) is 4.06. The highest BCUT2D eigenvalue weighted by Crippen LogP contribution is 2.22. The lowest BCUT2D eigenvalue weighted by atomic mass is 10.1. The van der Waals surface area contributed by atoms with Gasteiger partial charge in [0.15, 0.2) is 0 Å². The van der Waals surface area contributed by atoms with E-state index < -0.39 is 0 Å². The molecule has 78 valence electrons. The standard InChI is InChI=1S/C11H11NO2S/c13-10-2-1-3-11(14)12(10)8-4-6-9(15)7-5-8/h4-7,15H,1-3H2. The van der Waals surface area contributed by atoms with Gasteiger partial charge in [-0.3, -0.25) is 14.5 Å². The second-order valence-corrected chi connectivity index (χ2v) is 4.01. The zero-order valence-corrected chi connectivity index (χ0v) is 9.04. The Hall–Kier alpha value is -1.29. The molecule has 1 heterocycles. The Balaban J connectivity index is 2.31. The Kier molecular flexibility index (Phi) is 2.77. The van der Waals surface area contributed by atoms with Crippen LogP contribution in [0.5, 0.6) is 0 Å². The van der Waals surface area contributed by atoms with Crippen LogP contribution in [0.15, 0.2) is 29.2 Å². The first-order valence-corrected chi connectivity index (χ1v) is 5.28. The first-order chi connectivity index (χ1) is 7.18. The highest BCUT2D eigenvalue weighted by Gasteiger charge is 2.26. The fourth-order valence-corrected chi connectivity index (χ4v) is 1.79. The number of hydrogen-bond acceptors (Lipinski definition) is 3. The quantitative estimate of drug-likeness (QED) is 0.582. The Bertz CT molecular complexity index is 384. The van der Waals surface area contributed by atoms with Crippen molar-refractivity contribution in [1.82, 2.24) is 0 Å². The summed E-state index contributed by atoms with van der Waals surface area (Å²) < 4.78 is 0. The van der Waals surface area contributed by atoms with E-state index in [2.05, 4.69) is 12.6 Å². The maximum Gasteiger partial charge on any atom is 0.233 e. The SMILES string of the molecule is O=C1CCCC(=O)N1c1ccc(S)cc1. The lowest BCUT2D eigenvalue weighted by molar-refractivity contribution is -0.129. The molecule has 0 spiro atoms. The van der Waals surface area contributed by atoms with Crippen molar-refractivity contribution in [3.05, 3.63) is 24.3 Å². The van der Waals surface area contributed by atoms with Crippen molar-refractivity contribution in [2.75, 3.05) is 4.90 Å². The predicted octanol–water partition coefficient (Wildman–Crippen LogP) is 2.02. The topological polar surface area (TPSA) is 37.4 Å². The molecule has 2 amide bonds. The Morgan fingerprint density at radius 2 is 1.53 bits per heavy atom. The average Bonchev–Trinajstić information content (AvgIpc) is 2.20. The smallest absolute Gasteiger partial charge is 0.233 e. The number of imide groups is 1. The van der Waals surface area contributed by atoms with E-state index in [1.807, 2.05) is 0 Å². The van der Waals surface area contributed by atoms with E-state index in [0.717, 1.165) is 4.90 Å². The number of nitrogens with zero attached hydrogens (tertiary/aromatic N) is 1. The third-order valence-electron chi connectivity index (χ3n) is 2.39. The molecule has 0 saturated carbocycles. The van der Waals surface area contributed by atoms with Crippen molar-refractivity contribution in [2.45, 2.75) is 24.2 Å². The van der Waals surface area contributed by atoms with Gasteiger partial charge in [0.05, 0.1) is 5.69 Å². The van der Waals surface area contributed by atoms with Crippen LogP contribution < -0.4 is 4.90 Å². The van der Waals surface area contributed by atoms with Crippen LogP contribution in [0.1, 0.15) is 19.3 Å². The molecule has 0 aliphatic carbocycles. The number of hydrogen-bond donors (Lipinski definition) is 1. The Labute approximate surface area is 93.5 Å². The van der Waals surface area contributed by atoms with Crippen molar-refractivity contribution in [3.63, 3.8) is 0 Å². The first-order valence-electron chi connectivity index (χ1n) is 4.83. The zero-order valence-electron chi connectivity index (χ0n) is 8.14. The second-order valence-electron chi connectivity index (χ2n) is 3.49. The third kappa shape index (κ3) is 2.04. The third-order valence-corrected chi connectivity index (χ3v) is 2.69. The van der Waals surface area contributed by atoms with Crippen LogP contribution in [0.3, 0.4) is 0 Å². The van der Waals surface area contributed by atoms with E-state index in [9.17, 15) is 9.59 Å². The van der Waals surface area contributed by atoms with Gasteiger partial charge < -0.3 is 0 Å². The lowest BCUT2D eigenvalue weighted by Gasteiger charge is -2.24. The molecule has 1 fully saturated rings. The van der Waals surface area contributed by atoms with Gasteiger partial charge in [0, 0.05) is 17.7 Å². The molecule has 1 saturated heterocycles. The van der Waals surface area contributed by atoms with Gasteiger partial charge in [-0.2, -0.15) is 0 Å². The van der Waals surface area contributed by atoms with Crippen molar-refractivity contribution in [2.24, 2.45) is 0 Å². The number of thiol groups is 1. The largest absolute Gasteiger partial charge is 0.274 e. The average molecular weight is 221 g/mol. The van der Waals surface area contributed by atoms with Crippen LogP contribution in [-0.2, 0) is 9.59 Å². The van der Waals surface area contributed by atoms with E-state index in [1.165, 1.54) is 4.90 Å². The fraction of sp³-hybridized carbons (Fsp3) is 0.273. The van der Waals surface area contributed by atoms with Crippen LogP contribution in [0.4, 0.5) is 5.69 Å². The summed E-state index contributed by atoms with van der Waals surface area (Å²) in [6.07, 6.45) is 1.57. The molecule has 4 heteroatoms. The minimum absolute atomic E-state index is 0.113. The van der Waals surface area contributed by atoms with Crippen LogP contribution in [-0.4, -0.2) is 11.8 Å². The summed E-state index contributed by atoms with van der Waals surface area (Å²) in [7, 11) is 0. The molecule has 0 atom stereocenters. The number of piperidine rings is 1. The maximum atomic E-state index is 11.6. The first kappa shape index (κ1) is 10.2. The molecule has 1 aliphatic heterocycles. The van der Waals surface area contributed by atoms with Gasteiger partial charge in [0.1, 0.15) is 0 Å². The summed E-state index contributed by atoms with van der Waals surface area (Å²) in [5.74, 6) is -0.226. The minimum atomic E-state index is -0.113. The molecule has 2 rings (SSSR count). The Morgan fingerprint density at radius 3 is 2.07 bits per heavy atom. The summed E-state index contributed by atoms with van der Waals surface area (Å²) >= 11 is 4.15. The molecule has 0 bridgehead atoms. The molecular weight excluding hydrogens is 210 g/mol. The van der Waals surface area contributed by atoms with Crippen LogP contribution in [0.2, 0.25) is 0 Å². The molecule has 15 heavy (non-hydrogen) atoms. The highest BCUT2D eigenvalue weighted by molar-refractivity contribution is 7.80. The van der Waals surface area contributed by atoms with Crippen molar-refractivity contribution in [3.8, 4) is 0 Å². The van der Waals surface area contributed by atoms with Gasteiger partial charge in [0.25, 0.3) is 0 Å². The summed E-state index contributed by atoms with van der Waals surface area (Å²) in [5.41, 5.74) is 0.641. The molecule has 1 aromatic carbocycles. The van der Waals surface area contributed by atoms with E-state index in [-0.39, 0.29) is 11.8 Å². The molecule has 0 aromatic heterocycles. The summed E-state index contributed by atoms with van der Waals surface area (Å²) in [6, 6.07) is 7.02. The minimum Gasteiger partial charge on any atom is -0.274 e. The van der Waals surface area contributed by atoms with E-state index in [0.29, 0.717) is 24.9 Å². The monoisotopic (exact) mass is 221 g/mol. The Morgan fingerprint density at radius 1 is 1.00 bits per heavy atom. The summed E-state index contributed by atoms with van der Waals surface area (Å²) in [5, 5.41) is 0. The number of carbonyl (C=O) groups is 2. The number of amides is 2. The van der Waals surface area contributed by atoms with Crippen molar-refractivity contribution >= 4 is 30.1 Å². The van der Waals surface area contributed by atoms with E-state index in [1.54, 1.807) is 24.3 Å². The molecule has 0 N–H and O–H groups in total. The van der Waals surface area contributed by atoms with Crippen LogP contribution in [0.25, 0.3) is 0 Å². The van der Waals surface area contributed by atoms with E-state index >= 15 is 0 Å². The van der Waals surface area contributed by atoms with Crippen molar-refractivity contribution in [1.29, 1.82) is 0 Å². The van der Waals surface area contributed by atoms with E-state index in [4.69, 9.17) is 0 Å². The van der Waals surface area contributed by atoms with Gasteiger partial charge in [0.2, 0.25) is 11.8 Å². The van der Waals surface area contributed by atoms with Crippen LogP contribution >= 0.6 is 12.6 Å². The summed E-state index contributed by atoms with van der Waals surface area (Å²) in [4.78, 5) is 25.2. The number of carbonyl (C=O) groups excluding carboxylic acids is 2.